The molecule has 6 heteroatoms. The Bertz CT molecular complexity index is 356. The summed E-state index contributed by atoms with van der Waals surface area (Å²) in [6.45, 7) is 1.78. The number of benzene rings is 1. The molecule has 0 aliphatic carbocycles. The van der Waals surface area contributed by atoms with Gasteiger partial charge < -0.3 is 20.7 Å². The fourth-order valence-electron chi connectivity index (χ4n) is 0.856. The molecule has 0 aliphatic heterocycles. The second-order valence-electron chi connectivity index (χ2n) is 3.10. The summed E-state index contributed by atoms with van der Waals surface area (Å²) in [5.41, 5.74) is 4.69. The van der Waals surface area contributed by atoms with Gasteiger partial charge in [0, 0.05) is 7.11 Å². The van der Waals surface area contributed by atoms with Crippen molar-refractivity contribution in [2.45, 2.75) is 13.2 Å². The first kappa shape index (κ1) is 15.1. The molecule has 1 rings (SSSR count). The Morgan fingerprint density at radius 2 is 1.47 bits per heavy atom. The van der Waals surface area contributed by atoms with E-state index in [2.05, 4.69) is 4.74 Å². The Hall–Kier alpha value is -1.92. The summed E-state index contributed by atoms with van der Waals surface area (Å²) in [7, 11) is 1.57. The van der Waals surface area contributed by atoms with E-state index in [0.717, 1.165) is 0 Å². The average Bonchev–Trinajstić information content (AvgIpc) is 2.29. The van der Waals surface area contributed by atoms with Crippen LogP contribution >= 0.6 is 0 Å². The molecule has 0 fully saturated rings. The van der Waals surface area contributed by atoms with Gasteiger partial charge in [-0.1, -0.05) is 12.1 Å². The SMILES string of the molecule is COC(C)N.O=C(O)c1ccccc1C(=O)O. The molecule has 4 N–H and O–H groups in total. The first-order valence-corrected chi connectivity index (χ1v) is 4.74. The number of methoxy groups -OCH3 is 1. The topological polar surface area (TPSA) is 110 Å². The molecule has 0 saturated carbocycles. The second-order valence-corrected chi connectivity index (χ2v) is 3.10. The van der Waals surface area contributed by atoms with Crippen LogP contribution in [0, 0.1) is 0 Å². The molecule has 0 aromatic heterocycles. The zero-order valence-corrected chi connectivity index (χ0v) is 9.58. The van der Waals surface area contributed by atoms with Crippen molar-refractivity contribution < 1.29 is 24.5 Å². The summed E-state index contributed by atoms with van der Waals surface area (Å²) >= 11 is 0. The minimum Gasteiger partial charge on any atom is -0.478 e. The molecule has 0 amide bonds. The summed E-state index contributed by atoms with van der Waals surface area (Å²) in [5, 5.41) is 17.1. The lowest BCUT2D eigenvalue weighted by molar-refractivity contribution is 0.0651. The van der Waals surface area contributed by atoms with Crippen LogP contribution < -0.4 is 5.73 Å². The van der Waals surface area contributed by atoms with Crippen molar-refractivity contribution >= 4 is 11.9 Å². The number of hydrogen-bond acceptors (Lipinski definition) is 4. The molecule has 0 aliphatic rings. The Morgan fingerprint density at radius 3 is 1.65 bits per heavy atom. The predicted molar refractivity (Wildman–Crippen MR) is 61.0 cm³/mol. The molecule has 1 aromatic carbocycles. The van der Waals surface area contributed by atoms with Crippen molar-refractivity contribution in [3.8, 4) is 0 Å². The highest BCUT2D eigenvalue weighted by molar-refractivity contribution is 6.01. The van der Waals surface area contributed by atoms with E-state index in [-0.39, 0.29) is 17.4 Å². The molecule has 0 saturated heterocycles. The summed E-state index contributed by atoms with van der Waals surface area (Å²) in [6.07, 6.45) is -0.116. The Labute approximate surface area is 98.6 Å². The zero-order valence-electron chi connectivity index (χ0n) is 9.58. The van der Waals surface area contributed by atoms with Gasteiger partial charge in [0.05, 0.1) is 11.1 Å². The number of ether oxygens (including phenoxy) is 1. The molecule has 0 heterocycles. The third-order valence-corrected chi connectivity index (χ3v) is 1.76. The van der Waals surface area contributed by atoms with E-state index in [1.165, 1.54) is 24.3 Å². The van der Waals surface area contributed by atoms with Crippen molar-refractivity contribution in [1.82, 2.24) is 0 Å². The largest absolute Gasteiger partial charge is 0.478 e. The van der Waals surface area contributed by atoms with Gasteiger partial charge in [-0.3, -0.25) is 0 Å². The number of carbonyl (C=O) groups is 2. The van der Waals surface area contributed by atoms with Crippen molar-refractivity contribution in [1.29, 1.82) is 0 Å². The van der Waals surface area contributed by atoms with E-state index >= 15 is 0 Å². The van der Waals surface area contributed by atoms with Gasteiger partial charge in [0.1, 0.15) is 6.23 Å². The third kappa shape index (κ3) is 5.64. The predicted octanol–water partition coefficient (Wildman–Crippen LogP) is 1.02. The van der Waals surface area contributed by atoms with Gasteiger partial charge in [-0.05, 0) is 19.1 Å². The first-order valence-electron chi connectivity index (χ1n) is 4.74. The minimum absolute atomic E-state index is 0.116. The van der Waals surface area contributed by atoms with Gasteiger partial charge in [-0.25, -0.2) is 9.59 Å². The zero-order chi connectivity index (χ0) is 13.4. The van der Waals surface area contributed by atoms with Crippen LogP contribution in [0.5, 0.6) is 0 Å². The van der Waals surface area contributed by atoms with Gasteiger partial charge in [0.2, 0.25) is 0 Å². The van der Waals surface area contributed by atoms with Crippen LogP contribution in [0.4, 0.5) is 0 Å². The number of carboxylic acid groups (broad SMARTS) is 2. The average molecular weight is 241 g/mol. The van der Waals surface area contributed by atoms with Crippen LogP contribution in [0.15, 0.2) is 24.3 Å². The number of carboxylic acids is 2. The summed E-state index contributed by atoms with van der Waals surface area (Å²) in [5.74, 6) is -2.46. The molecule has 0 bridgehead atoms. The summed E-state index contributed by atoms with van der Waals surface area (Å²) in [4.78, 5) is 20.9. The van der Waals surface area contributed by atoms with Crippen LogP contribution in [0.25, 0.3) is 0 Å². The van der Waals surface area contributed by atoms with Crippen LogP contribution in [-0.4, -0.2) is 35.5 Å². The van der Waals surface area contributed by atoms with E-state index < -0.39 is 11.9 Å². The highest BCUT2D eigenvalue weighted by atomic mass is 16.5. The third-order valence-electron chi connectivity index (χ3n) is 1.76. The Morgan fingerprint density at radius 1 is 1.18 bits per heavy atom. The Balaban J connectivity index is 0.000000437. The van der Waals surface area contributed by atoms with Crippen molar-refractivity contribution in [3.63, 3.8) is 0 Å². The summed E-state index contributed by atoms with van der Waals surface area (Å²) in [6, 6.07) is 5.48. The lowest BCUT2D eigenvalue weighted by Gasteiger charge is -1.98. The van der Waals surface area contributed by atoms with Crippen LogP contribution in [-0.2, 0) is 4.74 Å². The van der Waals surface area contributed by atoms with Crippen LogP contribution in [0.2, 0.25) is 0 Å². The van der Waals surface area contributed by atoms with Gasteiger partial charge >= 0.3 is 11.9 Å². The normalized spacial score (nSPS) is 11.0. The van der Waals surface area contributed by atoms with Crippen LogP contribution in [0.1, 0.15) is 27.6 Å². The number of hydrogen-bond donors (Lipinski definition) is 3. The second kappa shape index (κ2) is 7.37. The fourth-order valence-corrected chi connectivity index (χ4v) is 0.856. The molecule has 17 heavy (non-hydrogen) atoms. The quantitative estimate of drug-likeness (QED) is 0.681. The molecule has 0 spiro atoms. The van der Waals surface area contributed by atoms with Gasteiger partial charge in [0.15, 0.2) is 0 Å². The lowest BCUT2D eigenvalue weighted by Crippen LogP contribution is -2.15. The summed E-state index contributed by atoms with van der Waals surface area (Å²) < 4.78 is 4.53. The fraction of sp³-hybridized carbons (Fsp3) is 0.273. The van der Waals surface area contributed by atoms with E-state index in [1.807, 2.05) is 0 Å². The molecule has 0 radical (unpaired) electrons. The molecular weight excluding hydrogens is 226 g/mol. The van der Waals surface area contributed by atoms with E-state index in [1.54, 1.807) is 14.0 Å². The molecular formula is C11H15NO5. The molecule has 1 unspecified atom stereocenters. The van der Waals surface area contributed by atoms with E-state index in [0.29, 0.717) is 0 Å². The molecule has 1 aromatic rings. The Kier molecular flexibility index (Phi) is 6.54. The first-order chi connectivity index (χ1) is 7.90. The smallest absolute Gasteiger partial charge is 0.336 e. The van der Waals surface area contributed by atoms with Gasteiger partial charge in [-0.15, -0.1) is 0 Å². The van der Waals surface area contributed by atoms with Gasteiger partial charge in [0.25, 0.3) is 0 Å². The minimum atomic E-state index is -1.23. The standard InChI is InChI=1S/C8H6O4.C3H9NO/c9-7(10)5-3-1-2-4-6(5)8(11)12;1-3(4)5-2/h1-4H,(H,9,10)(H,11,12);3H,4H2,1-2H3. The maximum absolute atomic E-state index is 10.5. The van der Waals surface area contributed by atoms with E-state index in [9.17, 15) is 9.59 Å². The molecule has 6 nitrogen and oxygen atoms in total. The highest BCUT2D eigenvalue weighted by Gasteiger charge is 2.13. The van der Waals surface area contributed by atoms with E-state index in [4.69, 9.17) is 15.9 Å². The maximum Gasteiger partial charge on any atom is 0.336 e. The highest BCUT2D eigenvalue weighted by Crippen LogP contribution is 2.07. The molecule has 94 valence electrons. The van der Waals surface area contributed by atoms with Crippen molar-refractivity contribution in [3.05, 3.63) is 35.4 Å². The maximum atomic E-state index is 10.5. The monoisotopic (exact) mass is 241 g/mol. The lowest BCUT2D eigenvalue weighted by atomic mass is 10.1. The van der Waals surface area contributed by atoms with Crippen LogP contribution in [0.3, 0.4) is 0 Å². The van der Waals surface area contributed by atoms with Crippen molar-refractivity contribution in [2.24, 2.45) is 5.73 Å². The van der Waals surface area contributed by atoms with Crippen molar-refractivity contribution in [2.75, 3.05) is 7.11 Å². The molecule has 1 atom stereocenters. The number of aromatic carboxylic acids is 2. The van der Waals surface area contributed by atoms with Gasteiger partial charge in [-0.2, -0.15) is 0 Å². The number of rotatable bonds is 3. The number of nitrogens with two attached hydrogens (primary N) is 1.